The van der Waals surface area contributed by atoms with Crippen LogP contribution in [0.2, 0.25) is 0 Å². The highest BCUT2D eigenvalue weighted by Crippen LogP contribution is 2.16. The third kappa shape index (κ3) is 4.67. The number of hydrogen-bond donors (Lipinski definition) is 3. The zero-order valence-corrected chi connectivity index (χ0v) is 11.7. The van der Waals surface area contributed by atoms with E-state index >= 15 is 0 Å². The zero-order valence-electron chi connectivity index (χ0n) is 11.7. The van der Waals surface area contributed by atoms with Gasteiger partial charge in [-0.25, -0.2) is 8.78 Å². The van der Waals surface area contributed by atoms with Crippen molar-refractivity contribution < 1.29 is 23.1 Å². The molecule has 116 valence electrons. The topological polar surface area (TPSA) is 93.5 Å². The smallest absolute Gasteiger partial charge is 0.254 e. The number of carbonyl (C=O) groups is 2. The Morgan fingerprint density at radius 1 is 1.33 bits per heavy atom. The van der Waals surface area contributed by atoms with Crippen LogP contribution in [-0.4, -0.2) is 38.1 Å². The first-order chi connectivity index (χ1) is 9.86. The van der Waals surface area contributed by atoms with Gasteiger partial charge in [0.1, 0.15) is 17.7 Å². The predicted octanol–water partition coefficient (Wildman–Crippen LogP) is 0.428. The minimum absolute atomic E-state index is 0.285. The minimum atomic E-state index is -1.05. The lowest BCUT2D eigenvalue weighted by molar-refractivity contribution is -0.122. The predicted molar refractivity (Wildman–Crippen MR) is 72.6 cm³/mol. The van der Waals surface area contributed by atoms with Gasteiger partial charge in [0.2, 0.25) is 5.91 Å². The van der Waals surface area contributed by atoms with E-state index in [1.165, 1.54) is 14.0 Å². The summed E-state index contributed by atoms with van der Waals surface area (Å²) in [6.07, 6.45) is 0. The third-order valence-electron chi connectivity index (χ3n) is 2.68. The summed E-state index contributed by atoms with van der Waals surface area (Å²) in [7, 11) is 1.49. The van der Waals surface area contributed by atoms with Crippen LogP contribution in [0.25, 0.3) is 0 Å². The number of anilines is 1. The number of amides is 2. The number of halogens is 2. The lowest BCUT2D eigenvalue weighted by Crippen LogP contribution is -2.45. The molecule has 6 nitrogen and oxygen atoms in total. The summed E-state index contributed by atoms with van der Waals surface area (Å²) in [4.78, 5) is 23.5. The van der Waals surface area contributed by atoms with Crippen LogP contribution in [0.3, 0.4) is 0 Å². The fourth-order valence-electron chi connectivity index (χ4n) is 1.51. The van der Waals surface area contributed by atoms with E-state index in [9.17, 15) is 18.4 Å². The molecule has 21 heavy (non-hydrogen) atoms. The van der Waals surface area contributed by atoms with E-state index in [0.717, 1.165) is 6.07 Å². The third-order valence-corrected chi connectivity index (χ3v) is 2.68. The zero-order chi connectivity index (χ0) is 16.0. The fourth-order valence-corrected chi connectivity index (χ4v) is 1.51. The van der Waals surface area contributed by atoms with Crippen LogP contribution in [-0.2, 0) is 9.53 Å². The van der Waals surface area contributed by atoms with Gasteiger partial charge in [0, 0.05) is 19.7 Å². The molecule has 0 aliphatic heterocycles. The second-order valence-electron chi connectivity index (χ2n) is 4.33. The molecule has 0 bridgehead atoms. The molecule has 0 aliphatic rings. The number of nitrogens with two attached hydrogens (primary N) is 1. The number of ether oxygens (including phenoxy) is 1. The molecule has 1 atom stereocenters. The van der Waals surface area contributed by atoms with E-state index in [1.807, 2.05) is 0 Å². The summed E-state index contributed by atoms with van der Waals surface area (Å²) >= 11 is 0. The number of nitrogen functional groups attached to an aromatic ring is 1. The van der Waals surface area contributed by atoms with Gasteiger partial charge in [-0.1, -0.05) is 0 Å². The highest BCUT2D eigenvalue weighted by Gasteiger charge is 2.20. The number of carbonyl (C=O) groups excluding carboxylic acids is 2. The van der Waals surface area contributed by atoms with E-state index in [0.29, 0.717) is 12.7 Å². The largest absolute Gasteiger partial charge is 0.396 e. The first kappa shape index (κ1) is 16.8. The molecule has 0 aromatic heterocycles. The number of methoxy groups -OCH3 is 1. The molecule has 8 heteroatoms. The molecule has 2 amide bonds. The molecule has 0 aliphatic carbocycles. The Balaban J connectivity index is 2.68. The normalized spacial score (nSPS) is 11.8. The molecule has 4 N–H and O–H groups in total. The average molecular weight is 301 g/mol. The summed E-state index contributed by atoms with van der Waals surface area (Å²) in [5, 5.41) is 4.82. The van der Waals surface area contributed by atoms with E-state index in [-0.39, 0.29) is 12.2 Å². The maximum Gasteiger partial charge on any atom is 0.254 e. The number of benzene rings is 1. The molecule has 0 fully saturated rings. The van der Waals surface area contributed by atoms with E-state index in [4.69, 9.17) is 10.5 Å². The van der Waals surface area contributed by atoms with Crippen LogP contribution < -0.4 is 16.4 Å². The second-order valence-corrected chi connectivity index (χ2v) is 4.33. The van der Waals surface area contributed by atoms with Crippen LogP contribution in [0, 0.1) is 11.6 Å². The van der Waals surface area contributed by atoms with Crippen LogP contribution in [0.15, 0.2) is 12.1 Å². The molecule has 1 rings (SSSR count). The van der Waals surface area contributed by atoms with Crippen LogP contribution in [0.4, 0.5) is 14.5 Å². The van der Waals surface area contributed by atoms with E-state index < -0.39 is 35.1 Å². The highest BCUT2D eigenvalue weighted by molar-refractivity contribution is 5.98. The summed E-state index contributed by atoms with van der Waals surface area (Å²) in [6.45, 7) is 2.05. The van der Waals surface area contributed by atoms with Crippen molar-refractivity contribution in [2.45, 2.75) is 13.0 Å². The monoisotopic (exact) mass is 301 g/mol. The summed E-state index contributed by atoms with van der Waals surface area (Å²) in [5.41, 5.74) is 4.51. The summed E-state index contributed by atoms with van der Waals surface area (Å²) < 4.78 is 31.3. The van der Waals surface area contributed by atoms with Crippen molar-refractivity contribution in [3.63, 3.8) is 0 Å². The van der Waals surface area contributed by atoms with Crippen LogP contribution in [0.5, 0.6) is 0 Å². The molecule has 1 unspecified atom stereocenters. The van der Waals surface area contributed by atoms with Crippen molar-refractivity contribution in [1.82, 2.24) is 10.6 Å². The molecular formula is C13H17F2N3O3. The van der Waals surface area contributed by atoms with Crippen LogP contribution in [0.1, 0.15) is 17.3 Å². The Morgan fingerprint density at radius 2 is 2.00 bits per heavy atom. The summed E-state index contributed by atoms with van der Waals surface area (Å²) in [5.74, 6) is -3.30. The van der Waals surface area contributed by atoms with Crippen molar-refractivity contribution in [3.8, 4) is 0 Å². The number of hydrogen-bond acceptors (Lipinski definition) is 4. The molecule has 0 radical (unpaired) electrons. The van der Waals surface area contributed by atoms with Crippen molar-refractivity contribution in [1.29, 1.82) is 0 Å². The molecule has 0 saturated carbocycles. The quantitative estimate of drug-likeness (QED) is 0.524. The Labute approximate surface area is 120 Å². The lowest BCUT2D eigenvalue weighted by atomic mass is 10.1. The highest BCUT2D eigenvalue weighted by atomic mass is 19.1. The van der Waals surface area contributed by atoms with Gasteiger partial charge in [0.05, 0.1) is 17.9 Å². The molecule has 0 spiro atoms. The van der Waals surface area contributed by atoms with Gasteiger partial charge in [-0.15, -0.1) is 0 Å². The molecule has 1 aromatic carbocycles. The van der Waals surface area contributed by atoms with Gasteiger partial charge in [0.15, 0.2) is 0 Å². The SMILES string of the molecule is COCCNC(=O)C(C)NC(=O)c1cc(N)c(F)cc1F. The van der Waals surface area contributed by atoms with Gasteiger partial charge < -0.3 is 21.1 Å². The minimum Gasteiger partial charge on any atom is -0.396 e. The van der Waals surface area contributed by atoms with Crippen molar-refractivity contribution >= 4 is 17.5 Å². The van der Waals surface area contributed by atoms with Gasteiger partial charge in [-0.2, -0.15) is 0 Å². The Bertz CT molecular complexity index is 538. The Kier molecular flexibility index (Phi) is 6.04. The standard InChI is InChI=1S/C13H17F2N3O3/c1-7(12(19)17-3-4-21-2)18-13(20)8-5-11(16)10(15)6-9(8)14/h5-7H,3-4,16H2,1-2H3,(H,17,19)(H,18,20). The van der Waals surface area contributed by atoms with Gasteiger partial charge in [-0.05, 0) is 13.0 Å². The molecule has 0 heterocycles. The van der Waals surface area contributed by atoms with E-state index in [1.54, 1.807) is 0 Å². The van der Waals surface area contributed by atoms with Crippen molar-refractivity contribution in [2.24, 2.45) is 0 Å². The van der Waals surface area contributed by atoms with Crippen LogP contribution >= 0.6 is 0 Å². The number of nitrogens with one attached hydrogen (secondary N) is 2. The van der Waals surface area contributed by atoms with Gasteiger partial charge in [-0.3, -0.25) is 9.59 Å². The Morgan fingerprint density at radius 3 is 2.62 bits per heavy atom. The average Bonchev–Trinajstić information content (AvgIpc) is 2.42. The van der Waals surface area contributed by atoms with Crippen molar-refractivity contribution in [3.05, 3.63) is 29.3 Å². The fraction of sp³-hybridized carbons (Fsp3) is 0.385. The van der Waals surface area contributed by atoms with Crippen molar-refractivity contribution in [2.75, 3.05) is 26.0 Å². The second kappa shape index (κ2) is 7.53. The Hall–Kier alpha value is -2.22. The van der Waals surface area contributed by atoms with E-state index in [2.05, 4.69) is 10.6 Å². The molecular weight excluding hydrogens is 284 g/mol. The first-order valence-corrected chi connectivity index (χ1v) is 6.18. The molecule has 1 aromatic rings. The first-order valence-electron chi connectivity index (χ1n) is 6.18. The number of rotatable bonds is 6. The lowest BCUT2D eigenvalue weighted by Gasteiger charge is -2.14. The van der Waals surface area contributed by atoms with Gasteiger partial charge in [0.25, 0.3) is 5.91 Å². The van der Waals surface area contributed by atoms with Gasteiger partial charge >= 0.3 is 0 Å². The maximum absolute atomic E-state index is 13.5. The summed E-state index contributed by atoms with van der Waals surface area (Å²) in [6, 6.07) is 0.517. The molecule has 0 saturated heterocycles. The maximum atomic E-state index is 13.5.